The summed E-state index contributed by atoms with van der Waals surface area (Å²) in [6, 6.07) is 7.23. The highest BCUT2D eigenvalue weighted by molar-refractivity contribution is 5.44. The van der Waals surface area contributed by atoms with Gasteiger partial charge < -0.3 is 9.84 Å². The smallest absolute Gasteiger partial charge is 0.129 e. The highest BCUT2D eigenvalue weighted by Gasteiger charge is 2.17. The maximum Gasteiger partial charge on any atom is 0.129 e. The molecule has 0 aliphatic carbocycles. The summed E-state index contributed by atoms with van der Waals surface area (Å²) < 4.78 is 32.5. The molecule has 0 saturated heterocycles. The number of aryl methyl sites for hydroxylation is 2. The van der Waals surface area contributed by atoms with Crippen LogP contribution in [0.1, 0.15) is 28.4 Å². The van der Waals surface area contributed by atoms with Crippen LogP contribution in [0.4, 0.5) is 8.78 Å². The summed E-state index contributed by atoms with van der Waals surface area (Å²) in [6.07, 6.45) is -1.08. The molecule has 0 saturated carbocycles. The molecule has 0 aromatic heterocycles. The first-order chi connectivity index (χ1) is 9.93. The van der Waals surface area contributed by atoms with E-state index >= 15 is 0 Å². The van der Waals surface area contributed by atoms with E-state index in [4.69, 9.17) is 4.74 Å². The second-order valence-electron chi connectivity index (χ2n) is 5.11. The molecular formula is C17H18F2O2. The molecule has 112 valence electrons. The van der Waals surface area contributed by atoms with Gasteiger partial charge in [-0.25, -0.2) is 8.78 Å². The fraction of sp³-hybridized carbons (Fsp3) is 0.294. The minimum atomic E-state index is -0.972. The van der Waals surface area contributed by atoms with Gasteiger partial charge in [0.05, 0.1) is 13.2 Å². The Labute approximate surface area is 123 Å². The Hall–Kier alpha value is -1.94. The predicted octanol–water partition coefficient (Wildman–Crippen LogP) is 3.87. The lowest BCUT2D eigenvalue weighted by Gasteiger charge is -2.16. The number of benzene rings is 2. The minimum Gasteiger partial charge on any atom is -0.496 e. The van der Waals surface area contributed by atoms with Crippen LogP contribution in [0.2, 0.25) is 0 Å². The molecule has 0 fully saturated rings. The van der Waals surface area contributed by atoms with Gasteiger partial charge in [-0.3, -0.25) is 0 Å². The maximum absolute atomic E-state index is 13.6. The van der Waals surface area contributed by atoms with E-state index in [2.05, 4.69) is 0 Å². The van der Waals surface area contributed by atoms with Crippen LogP contribution in [0.5, 0.6) is 5.75 Å². The molecule has 0 aliphatic rings. The molecule has 1 atom stereocenters. The number of ether oxygens (including phenoxy) is 1. The fourth-order valence-corrected chi connectivity index (χ4v) is 2.54. The van der Waals surface area contributed by atoms with E-state index in [1.54, 1.807) is 19.2 Å². The Kier molecular flexibility index (Phi) is 4.58. The largest absolute Gasteiger partial charge is 0.496 e. The molecule has 0 spiro atoms. The molecule has 2 nitrogen and oxygen atoms in total. The van der Waals surface area contributed by atoms with Gasteiger partial charge in [-0.1, -0.05) is 6.07 Å². The summed E-state index contributed by atoms with van der Waals surface area (Å²) in [4.78, 5) is 0. The molecule has 2 rings (SSSR count). The molecule has 2 aromatic rings. The van der Waals surface area contributed by atoms with Gasteiger partial charge in [-0.2, -0.15) is 0 Å². The molecule has 4 heteroatoms. The van der Waals surface area contributed by atoms with Crippen molar-refractivity contribution in [2.24, 2.45) is 0 Å². The monoisotopic (exact) mass is 292 g/mol. The number of aliphatic hydroxyl groups is 1. The minimum absolute atomic E-state index is 0.101. The number of halogens is 2. The summed E-state index contributed by atoms with van der Waals surface area (Å²) in [7, 11) is 1.58. The summed E-state index contributed by atoms with van der Waals surface area (Å²) in [5.74, 6) is -0.532. The van der Waals surface area contributed by atoms with E-state index in [0.29, 0.717) is 5.56 Å². The second kappa shape index (κ2) is 6.22. The zero-order chi connectivity index (χ0) is 15.6. The summed E-state index contributed by atoms with van der Waals surface area (Å²) in [5.41, 5.74) is 2.27. The Morgan fingerprint density at radius 1 is 1.10 bits per heavy atom. The number of hydrogen-bond acceptors (Lipinski definition) is 2. The van der Waals surface area contributed by atoms with Crippen LogP contribution in [0.3, 0.4) is 0 Å². The highest BCUT2D eigenvalue weighted by atomic mass is 19.1. The molecule has 0 bridgehead atoms. The molecule has 2 aromatic carbocycles. The first kappa shape index (κ1) is 15.4. The van der Waals surface area contributed by atoms with Crippen LogP contribution in [-0.4, -0.2) is 12.2 Å². The quantitative estimate of drug-likeness (QED) is 0.927. The number of rotatable bonds is 4. The van der Waals surface area contributed by atoms with Crippen molar-refractivity contribution in [2.75, 3.05) is 7.11 Å². The topological polar surface area (TPSA) is 29.5 Å². The van der Waals surface area contributed by atoms with Crippen molar-refractivity contribution in [2.45, 2.75) is 26.4 Å². The van der Waals surface area contributed by atoms with Gasteiger partial charge in [-0.15, -0.1) is 0 Å². The van der Waals surface area contributed by atoms with Crippen LogP contribution in [-0.2, 0) is 6.42 Å². The van der Waals surface area contributed by atoms with Crippen LogP contribution < -0.4 is 4.74 Å². The standard InChI is InChI=1S/C17H18F2O2/c1-10-7-12(8-11(2)17(10)21-3)16(20)9-13-14(18)5-4-6-15(13)19/h4-8,16,20H,9H2,1-3H3. The van der Waals surface area contributed by atoms with Crippen molar-refractivity contribution in [3.05, 3.63) is 64.2 Å². The third-order valence-electron chi connectivity index (χ3n) is 3.53. The van der Waals surface area contributed by atoms with E-state index in [1.165, 1.54) is 18.2 Å². The number of aliphatic hydroxyl groups excluding tert-OH is 1. The van der Waals surface area contributed by atoms with Gasteiger partial charge in [-0.05, 0) is 54.8 Å². The lowest BCUT2D eigenvalue weighted by molar-refractivity contribution is 0.175. The SMILES string of the molecule is COc1c(C)cc(C(O)Cc2c(F)cccc2F)cc1C. The van der Waals surface area contributed by atoms with E-state index < -0.39 is 17.7 Å². The first-order valence-electron chi connectivity index (χ1n) is 6.70. The van der Waals surface area contributed by atoms with Gasteiger partial charge in [0, 0.05) is 12.0 Å². The molecular weight excluding hydrogens is 274 g/mol. The number of methoxy groups -OCH3 is 1. The van der Waals surface area contributed by atoms with E-state index in [1.807, 2.05) is 13.8 Å². The predicted molar refractivity (Wildman–Crippen MR) is 77.5 cm³/mol. The molecule has 0 amide bonds. The first-order valence-corrected chi connectivity index (χ1v) is 6.70. The molecule has 0 aliphatic heterocycles. The van der Waals surface area contributed by atoms with Crippen LogP contribution >= 0.6 is 0 Å². The summed E-state index contributed by atoms with van der Waals surface area (Å²) in [6.45, 7) is 3.73. The Morgan fingerprint density at radius 3 is 2.10 bits per heavy atom. The summed E-state index contributed by atoms with van der Waals surface area (Å²) >= 11 is 0. The van der Waals surface area contributed by atoms with Crippen LogP contribution in [0.25, 0.3) is 0 Å². The zero-order valence-electron chi connectivity index (χ0n) is 12.3. The molecule has 0 radical (unpaired) electrons. The molecule has 0 heterocycles. The average molecular weight is 292 g/mol. The Balaban J connectivity index is 2.31. The van der Waals surface area contributed by atoms with Crippen molar-refractivity contribution in [3.8, 4) is 5.75 Å². The van der Waals surface area contributed by atoms with Crippen LogP contribution in [0, 0.1) is 25.5 Å². The van der Waals surface area contributed by atoms with E-state index in [9.17, 15) is 13.9 Å². The number of hydrogen-bond donors (Lipinski definition) is 1. The lowest BCUT2D eigenvalue weighted by Crippen LogP contribution is -2.07. The van der Waals surface area contributed by atoms with E-state index in [0.717, 1.165) is 16.9 Å². The van der Waals surface area contributed by atoms with Crippen molar-refractivity contribution in [3.63, 3.8) is 0 Å². The van der Waals surface area contributed by atoms with Crippen molar-refractivity contribution in [1.29, 1.82) is 0 Å². The van der Waals surface area contributed by atoms with Gasteiger partial charge in [0.25, 0.3) is 0 Å². The van der Waals surface area contributed by atoms with Gasteiger partial charge in [0.1, 0.15) is 17.4 Å². The molecule has 1 N–H and O–H groups in total. The van der Waals surface area contributed by atoms with Crippen molar-refractivity contribution >= 4 is 0 Å². The Bertz CT molecular complexity index is 610. The van der Waals surface area contributed by atoms with E-state index in [-0.39, 0.29) is 12.0 Å². The zero-order valence-corrected chi connectivity index (χ0v) is 12.3. The average Bonchev–Trinajstić information content (AvgIpc) is 2.42. The van der Waals surface area contributed by atoms with Gasteiger partial charge in [0.2, 0.25) is 0 Å². The molecule has 1 unspecified atom stereocenters. The van der Waals surface area contributed by atoms with Crippen LogP contribution in [0.15, 0.2) is 30.3 Å². The highest BCUT2D eigenvalue weighted by Crippen LogP contribution is 2.29. The maximum atomic E-state index is 13.6. The van der Waals surface area contributed by atoms with Gasteiger partial charge >= 0.3 is 0 Å². The summed E-state index contributed by atoms with van der Waals surface area (Å²) in [5, 5.41) is 10.3. The van der Waals surface area contributed by atoms with Crippen molar-refractivity contribution < 1.29 is 18.6 Å². The third kappa shape index (κ3) is 3.22. The van der Waals surface area contributed by atoms with Gasteiger partial charge in [0.15, 0.2) is 0 Å². The lowest BCUT2D eigenvalue weighted by atomic mass is 9.97. The fourth-order valence-electron chi connectivity index (χ4n) is 2.54. The van der Waals surface area contributed by atoms with Crippen molar-refractivity contribution in [1.82, 2.24) is 0 Å². The normalized spacial score (nSPS) is 12.3. The third-order valence-corrected chi connectivity index (χ3v) is 3.53. The Morgan fingerprint density at radius 2 is 1.62 bits per heavy atom. The molecule has 21 heavy (non-hydrogen) atoms. The second-order valence-corrected chi connectivity index (χ2v) is 5.11.